The van der Waals surface area contributed by atoms with Gasteiger partial charge in [0.05, 0.1) is 6.10 Å². The lowest BCUT2D eigenvalue weighted by molar-refractivity contribution is -0.0401. The third-order valence-corrected chi connectivity index (χ3v) is 5.12. The summed E-state index contributed by atoms with van der Waals surface area (Å²) in [6.07, 6.45) is 12.4. The van der Waals surface area contributed by atoms with Gasteiger partial charge >= 0.3 is 0 Å². The van der Waals surface area contributed by atoms with Crippen LogP contribution in [0.2, 0.25) is 0 Å². The van der Waals surface area contributed by atoms with Crippen LogP contribution < -0.4 is 5.73 Å². The standard InChI is InChI=1S/C16H32N2O/c1-2-19-15-9-8-12-18(13-15)16(14-17)10-6-4-3-5-7-11-16/h15H,2-14,17H2,1H3. The predicted molar refractivity (Wildman–Crippen MR) is 80.3 cm³/mol. The quantitative estimate of drug-likeness (QED) is 0.852. The smallest absolute Gasteiger partial charge is 0.0702 e. The van der Waals surface area contributed by atoms with Gasteiger partial charge in [-0.2, -0.15) is 0 Å². The van der Waals surface area contributed by atoms with Crippen molar-refractivity contribution in [2.45, 2.75) is 76.4 Å². The highest BCUT2D eigenvalue weighted by Crippen LogP contribution is 2.33. The summed E-state index contributed by atoms with van der Waals surface area (Å²) in [5.41, 5.74) is 6.50. The lowest BCUT2D eigenvalue weighted by Gasteiger charge is -2.48. The summed E-state index contributed by atoms with van der Waals surface area (Å²) < 4.78 is 5.87. The van der Waals surface area contributed by atoms with Crippen molar-refractivity contribution in [1.82, 2.24) is 4.90 Å². The van der Waals surface area contributed by atoms with Crippen molar-refractivity contribution in [2.24, 2.45) is 5.73 Å². The molecule has 1 saturated heterocycles. The number of rotatable bonds is 4. The molecule has 2 aliphatic rings. The van der Waals surface area contributed by atoms with Crippen LogP contribution in [0.25, 0.3) is 0 Å². The van der Waals surface area contributed by atoms with Crippen molar-refractivity contribution >= 4 is 0 Å². The third-order valence-electron chi connectivity index (χ3n) is 5.12. The maximum absolute atomic E-state index is 6.23. The maximum atomic E-state index is 6.23. The van der Waals surface area contributed by atoms with Gasteiger partial charge in [0.15, 0.2) is 0 Å². The Labute approximate surface area is 118 Å². The molecule has 0 bridgehead atoms. The largest absolute Gasteiger partial charge is 0.377 e. The first-order chi connectivity index (χ1) is 9.30. The fourth-order valence-corrected chi connectivity index (χ4v) is 3.95. The van der Waals surface area contributed by atoms with Crippen LogP contribution >= 0.6 is 0 Å². The minimum Gasteiger partial charge on any atom is -0.377 e. The van der Waals surface area contributed by atoms with E-state index in [0.717, 1.165) is 19.7 Å². The summed E-state index contributed by atoms with van der Waals surface area (Å²) in [7, 11) is 0. The Morgan fingerprint density at radius 1 is 1.11 bits per heavy atom. The fraction of sp³-hybridized carbons (Fsp3) is 1.00. The van der Waals surface area contributed by atoms with Gasteiger partial charge in [-0.05, 0) is 39.2 Å². The molecule has 0 radical (unpaired) electrons. The van der Waals surface area contributed by atoms with E-state index in [1.165, 1.54) is 64.3 Å². The topological polar surface area (TPSA) is 38.5 Å². The first-order valence-electron chi connectivity index (χ1n) is 8.37. The summed E-state index contributed by atoms with van der Waals surface area (Å²) in [5.74, 6) is 0. The van der Waals surface area contributed by atoms with Gasteiger partial charge in [-0.3, -0.25) is 4.90 Å². The second-order valence-corrected chi connectivity index (χ2v) is 6.36. The lowest BCUT2D eigenvalue weighted by atomic mass is 9.81. The number of hydrogen-bond donors (Lipinski definition) is 1. The molecule has 1 atom stereocenters. The molecule has 1 aliphatic heterocycles. The molecular weight excluding hydrogens is 236 g/mol. The van der Waals surface area contributed by atoms with Crippen LogP contribution in [0.3, 0.4) is 0 Å². The second-order valence-electron chi connectivity index (χ2n) is 6.36. The maximum Gasteiger partial charge on any atom is 0.0702 e. The van der Waals surface area contributed by atoms with E-state index in [9.17, 15) is 0 Å². The number of nitrogens with zero attached hydrogens (tertiary/aromatic N) is 1. The molecular formula is C16H32N2O. The van der Waals surface area contributed by atoms with Crippen LogP contribution in [0.1, 0.15) is 64.7 Å². The molecule has 1 saturated carbocycles. The molecule has 19 heavy (non-hydrogen) atoms. The molecule has 0 amide bonds. The van der Waals surface area contributed by atoms with Crippen molar-refractivity contribution in [2.75, 3.05) is 26.2 Å². The van der Waals surface area contributed by atoms with Crippen LogP contribution in [0.4, 0.5) is 0 Å². The first kappa shape index (κ1) is 15.3. The van der Waals surface area contributed by atoms with Crippen molar-refractivity contribution in [3.05, 3.63) is 0 Å². The summed E-state index contributed by atoms with van der Waals surface area (Å²) in [4.78, 5) is 2.68. The lowest BCUT2D eigenvalue weighted by Crippen LogP contribution is -2.58. The molecule has 2 rings (SSSR count). The SMILES string of the molecule is CCOC1CCCN(C2(CN)CCCCCCC2)C1. The van der Waals surface area contributed by atoms with Crippen molar-refractivity contribution in [1.29, 1.82) is 0 Å². The number of nitrogens with two attached hydrogens (primary N) is 1. The molecule has 1 heterocycles. The van der Waals surface area contributed by atoms with E-state index in [4.69, 9.17) is 10.5 Å². The van der Waals surface area contributed by atoms with E-state index in [0.29, 0.717) is 6.10 Å². The Morgan fingerprint density at radius 2 is 1.79 bits per heavy atom. The van der Waals surface area contributed by atoms with E-state index in [-0.39, 0.29) is 5.54 Å². The van der Waals surface area contributed by atoms with E-state index in [2.05, 4.69) is 11.8 Å². The first-order valence-corrected chi connectivity index (χ1v) is 8.37. The average molecular weight is 268 g/mol. The van der Waals surface area contributed by atoms with Crippen LogP contribution in [-0.2, 0) is 4.74 Å². The van der Waals surface area contributed by atoms with Crippen molar-refractivity contribution in [3.8, 4) is 0 Å². The number of piperidine rings is 1. The third kappa shape index (κ3) is 3.93. The molecule has 112 valence electrons. The molecule has 0 aromatic rings. The molecule has 0 spiro atoms. The van der Waals surface area contributed by atoms with Crippen molar-refractivity contribution in [3.63, 3.8) is 0 Å². The van der Waals surface area contributed by atoms with Crippen LogP contribution in [0.5, 0.6) is 0 Å². The monoisotopic (exact) mass is 268 g/mol. The van der Waals surface area contributed by atoms with Gasteiger partial charge in [-0.1, -0.05) is 32.1 Å². The zero-order valence-corrected chi connectivity index (χ0v) is 12.7. The number of likely N-dealkylation sites (tertiary alicyclic amines) is 1. The minimum absolute atomic E-state index is 0.274. The molecule has 0 aromatic heterocycles. The van der Waals surface area contributed by atoms with Gasteiger partial charge in [0.25, 0.3) is 0 Å². The Balaban J connectivity index is 2.00. The normalized spacial score (nSPS) is 29.7. The minimum atomic E-state index is 0.274. The van der Waals surface area contributed by atoms with E-state index >= 15 is 0 Å². The van der Waals surface area contributed by atoms with Crippen LogP contribution in [0.15, 0.2) is 0 Å². The predicted octanol–water partition coefficient (Wildman–Crippen LogP) is 2.93. The van der Waals surface area contributed by atoms with Crippen LogP contribution in [-0.4, -0.2) is 42.8 Å². The molecule has 2 fully saturated rings. The molecule has 2 N–H and O–H groups in total. The average Bonchev–Trinajstić information content (AvgIpc) is 2.40. The van der Waals surface area contributed by atoms with Gasteiger partial charge < -0.3 is 10.5 Å². The summed E-state index contributed by atoms with van der Waals surface area (Å²) >= 11 is 0. The fourth-order valence-electron chi connectivity index (χ4n) is 3.95. The highest BCUT2D eigenvalue weighted by molar-refractivity contribution is 4.95. The zero-order valence-electron chi connectivity index (χ0n) is 12.7. The van der Waals surface area contributed by atoms with E-state index in [1.807, 2.05) is 0 Å². The van der Waals surface area contributed by atoms with Gasteiger partial charge in [-0.25, -0.2) is 0 Å². The molecule has 1 aliphatic carbocycles. The highest BCUT2D eigenvalue weighted by atomic mass is 16.5. The summed E-state index contributed by atoms with van der Waals surface area (Å²) in [6, 6.07) is 0. The Bertz CT molecular complexity index is 247. The van der Waals surface area contributed by atoms with Crippen LogP contribution in [0, 0.1) is 0 Å². The second kappa shape index (κ2) is 7.61. The Hall–Kier alpha value is -0.120. The van der Waals surface area contributed by atoms with E-state index in [1.54, 1.807) is 0 Å². The van der Waals surface area contributed by atoms with Gasteiger partial charge in [0.1, 0.15) is 0 Å². The van der Waals surface area contributed by atoms with Gasteiger partial charge in [-0.15, -0.1) is 0 Å². The summed E-state index contributed by atoms with van der Waals surface area (Å²) in [5, 5.41) is 0. The van der Waals surface area contributed by atoms with Gasteiger partial charge in [0, 0.05) is 25.2 Å². The molecule has 3 heteroatoms. The number of ether oxygens (including phenoxy) is 1. The zero-order chi connectivity index (χ0) is 13.6. The molecule has 3 nitrogen and oxygen atoms in total. The van der Waals surface area contributed by atoms with Crippen molar-refractivity contribution < 1.29 is 4.74 Å². The summed E-state index contributed by atoms with van der Waals surface area (Å²) in [6.45, 7) is 6.10. The number of hydrogen-bond acceptors (Lipinski definition) is 3. The van der Waals surface area contributed by atoms with Gasteiger partial charge in [0.2, 0.25) is 0 Å². The Kier molecular flexibility index (Phi) is 6.11. The highest BCUT2D eigenvalue weighted by Gasteiger charge is 2.37. The van der Waals surface area contributed by atoms with E-state index < -0.39 is 0 Å². The molecule has 0 aromatic carbocycles. The molecule has 1 unspecified atom stereocenters. The Morgan fingerprint density at radius 3 is 2.42 bits per heavy atom.